The van der Waals surface area contributed by atoms with Crippen molar-refractivity contribution in [1.82, 2.24) is 0 Å². The number of aryl methyl sites for hydroxylation is 4. The molecule has 0 saturated heterocycles. The van der Waals surface area contributed by atoms with Crippen LogP contribution in [0.3, 0.4) is 0 Å². The van der Waals surface area contributed by atoms with Gasteiger partial charge in [-0.25, -0.2) is 0 Å². The molecular weight excluding hydrogens is 384 g/mol. The predicted molar refractivity (Wildman–Crippen MR) is 138 cm³/mol. The third kappa shape index (κ3) is 3.69. The van der Waals surface area contributed by atoms with Crippen molar-refractivity contribution in [3.63, 3.8) is 0 Å². The summed E-state index contributed by atoms with van der Waals surface area (Å²) in [5.74, 6) is 0.686. The molecule has 160 valence electrons. The van der Waals surface area contributed by atoms with Gasteiger partial charge in [0.05, 0.1) is 0 Å². The molecule has 0 amide bonds. The van der Waals surface area contributed by atoms with Gasteiger partial charge in [0.15, 0.2) is 0 Å². The van der Waals surface area contributed by atoms with Gasteiger partial charge >= 0.3 is 0 Å². The van der Waals surface area contributed by atoms with Gasteiger partial charge in [-0.1, -0.05) is 79.2 Å². The average Bonchev–Trinajstić information content (AvgIpc) is 2.74. The fraction of sp³-hybridized carbons (Fsp3) is 0.250. The molecule has 1 saturated carbocycles. The molecule has 4 aromatic carbocycles. The summed E-state index contributed by atoms with van der Waals surface area (Å²) in [6.45, 7) is 8.92. The largest absolute Gasteiger partial charge is 0.0620 e. The van der Waals surface area contributed by atoms with Crippen LogP contribution in [0.4, 0.5) is 0 Å². The van der Waals surface area contributed by atoms with E-state index < -0.39 is 0 Å². The van der Waals surface area contributed by atoms with Crippen molar-refractivity contribution in [3.8, 4) is 33.4 Å². The van der Waals surface area contributed by atoms with Crippen molar-refractivity contribution in [2.45, 2.75) is 52.9 Å². The summed E-state index contributed by atoms with van der Waals surface area (Å²) in [7, 11) is 0. The quantitative estimate of drug-likeness (QED) is 0.311. The molecule has 32 heavy (non-hydrogen) atoms. The molecule has 0 spiro atoms. The van der Waals surface area contributed by atoms with Gasteiger partial charge in [0.1, 0.15) is 0 Å². The Labute approximate surface area is 193 Å². The van der Waals surface area contributed by atoms with Gasteiger partial charge in [-0.05, 0) is 114 Å². The van der Waals surface area contributed by atoms with Crippen LogP contribution in [0.5, 0.6) is 0 Å². The zero-order valence-corrected chi connectivity index (χ0v) is 19.7. The number of rotatable bonds is 4. The van der Waals surface area contributed by atoms with Crippen LogP contribution < -0.4 is 0 Å². The second-order valence-corrected chi connectivity index (χ2v) is 9.54. The minimum Gasteiger partial charge on any atom is -0.0620 e. The van der Waals surface area contributed by atoms with E-state index in [4.69, 9.17) is 0 Å². The van der Waals surface area contributed by atoms with Gasteiger partial charge in [0.25, 0.3) is 0 Å². The first-order valence-corrected chi connectivity index (χ1v) is 11.9. The van der Waals surface area contributed by atoms with Crippen LogP contribution in [0.2, 0.25) is 0 Å². The highest BCUT2D eigenvalue weighted by molar-refractivity contribution is 5.82. The molecule has 0 bridgehead atoms. The van der Waals surface area contributed by atoms with Crippen LogP contribution in [0.1, 0.15) is 53.0 Å². The van der Waals surface area contributed by atoms with Gasteiger partial charge < -0.3 is 0 Å². The molecule has 0 atom stereocenters. The lowest BCUT2D eigenvalue weighted by Gasteiger charge is -2.29. The smallest absolute Gasteiger partial charge is 0.0146 e. The maximum absolute atomic E-state index is 2.49. The van der Waals surface area contributed by atoms with Gasteiger partial charge in [-0.15, -0.1) is 0 Å². The van der Waals surface area contributed by atoms with Gasteiger partial charge in [-0.3, -0.25) is 0 Å². The number of hydrogen-bond donors (Lipinski definition) is 0. The molecule has 0 nitrogen and oxygen atoms in total. The van der Waals surface area contributed by atoms with Crippen LogP contribution in [0, 0.1) is 27.7 Å². The van der Waals surface area contributed by atoms with Crippen molar-refractivity contribution in [2.24, 2.45) is 0 Å². The summed E-state index contributed by atoms with van der Waals surface area (Å²) in [5.41, 5.74) is 15.1. The standard InChI is InChI=1S/C32H32/c1-21-10-5-7-14-27(21)29-17-16-26(19-32(29)25-12-9-13-25)30-20-31(24(4)18-23(30)3)28-15-8-6-11-22(28)2/h5-8,10-11,14-20,25H,9,12-13H2,1-4H3. The number of benzene rings is 4. The normalized spacial score (nSPS) is 13.8. The summed E-state index contributed by atoms with van der Waals surface area (Å²) in [4.78, 5) is 0. The Morgan fingerprint density at radius 3 is 1.69 bits per heavy atom. The SMILES string of the molecule is Cc1cc(C)c(-c2ccccc2C)cc1-c1ccc(-c2ccccc2C)c(C2CCC2)c1. The molecule has 0 heterocycles. The van der Waals surface area contributed by atoms with Crippen molar-refractivity contribution < 1.29 is 0 Å². The molecule has 0 N–H and O–H groups in total. The van der Waals surface area contributed by atoms with E-state index in [2.05, 4.69) is 107 Å². The number of hydrogen-bond acceptors (Lipinski definition) is 0. The second kappa shape index (κ2) is 8.43. The van der Waals surface area contributed by atoms with E-state index in [1.807, 2.05) is 0 Å². The van der Waals surface area contributed by atoms with Gasteiger partial charge in [0.2, 0.25) is 0 Å². The Kier molecular flexibility index (Phi) is 5.47. The first-order chi connectivity index (χ1) is 15.5. The summed E-state index contributed by atoms with van der Waals surface area (Å²) in [5, 5.41) is 0. The van der Waals surface area contributed by atoms with Crippen molar-refractivity contribution in [2.75, 3.05) is 0 Å². The third-order valence-electron chi connectivity index (χ3n) is 7.35. The molecule has 1 aliphatic rings. The molecule has 0 aliphatic heterocycles. The fourth-order valence-electron chi connectivity index (χ4n) is 5.24. The molecule has 0 aromatic heterocycles. The summed E-state index contributed by atoms with van der Waals surface area (Å²) >= 11 is 0. The van der Waals surface area contributed by atoms with E-state index in [-0.39, 0.29) is 0 Å². The molecule has 0 heteroatoms. The Balaban J connectivity index is 1.67. The third-order valence-corrected chi connectivity index (χ3v) is 7.35. The summed E-state index contributed by atoms with van der Waals surface area (Å²) < 4.78 is 0. The second-order valence-electron chi connectivity index (χ2n) is 9.54. The van der Waals surface area contributed by atoms with E-state index in [1.165, 1.54) is 80.5 Å². The minimum absolute atomic E-state index is 0.686. The Morgan fingerprint density at radius 2 is 1.09 bits per heavy atom. The van der Waals surface area contributed by atoms with E-state index in [1.54, 1.807) is 0 Å². The monoisotopic (exact) mass is 416 g/mol. The zero-order chi connectivity index (χ0) is 22.2. The molecular formula is C32H32. The Bertz CT molecular complexity index is 1290. The topological polar surface area (TPSA) is 0 Å². The van der Waals surface area contributed by atoms with Crippen LogP contribution in [0.25, 0.3) is 33.4 Å². The lowest BCUT2D eigenvalue weighted by molar-refractivity contribution is 0.420. The van der Waals surface area contributed by atoms with Gasteiger partial charge in [-0.2, -0.15) is 0 Å². The maximum Gasteiger partial charge on any atom is -0.0146 e. The summed E-state index contributed by atoms with van der Waals surface area (Å²) in [6, 6.07) is 29.5. The van der Waals surface area contributed by atoms with E-state index >= 15 is 0 Å². The molecule has 1 aliphatic carbocycles. The zero-order valence-electron chi connectivity index (χ0n) is 19.7. The van der Waals surface area contributed by atoms with E-state index in [0.717, 1.165) is 0 Å². The van der Waals surface area contributed by atoms with Crippen LogP contribution in [-0.4, -0.2) is 0 Å². The first kappa shape index (κ1) is 20.8. The highest BCUT2D eigenvalue weighted by atomic mass is 14.3. The van der Waals surface area contributed by atoms with Crippen molar-refractivity contribution >= 4 is 0 Å². The van der Waals surface area contributed by atoms with Crippen LogP contribution >= 0.6 is 0 Å². The molecule has 4 aromatic rings. The van der Waals surface area contributed by atoms with E-state index in [0.29, 0.717) is 5.92 Å². The van der Waals surface area contributed by atoms with E-state index in [9.17, 15) is 0 Å². The maximum atomic E-state index is 2.49. The first-order valence-electron chi connectivity index (χ1n) is 11.9. The Hall–Kier alpha value is -3.12. The average molecular weight is 417 g/mol. The highest BCUT2D eigenvalue weighted by Gasteiger charge is 2.24. The molecule has 1 fully saturated rings. The minimum atomic E-state index is 0.686. The molecule has 0 unspecified atom stereocenters. The lowest BCUT2D eigenvalue weighted by Crippen LogP contribution is -2.10. The van der Waals surface area contributed by atoms with Crippen molar-refractivity contribution in [1.29, 1.82) is 0 Å². The van der Waals surface area contributed by atoms with Crippen molar-refractivity contribution in [3.05, 3.63) is 107 Å². The Morgan fingerprint density at radius 1 is 0.500 bits per heavy atom. The molecule has 5 rings (SSSR count). The predicted octanol–water partition coefficient (Wildman–Crippen LogP) is 9.19. The highest BCUT2D eigenvalue weighted by Crippen LogP contribution is 2.44. The van der Waals surface area contributed by atoms with Gasteiger partial charge in [0, 0.05) is 0 Å². The summed E-state index contributed by atoms with van der Waals surface area (Å²) in [6.07, 6.45) is 3.97. The fourth-order valence-corrected chi connectivity index (χ4v) is 5.24. The molecule has 0 radical (unpaired) electrons. The van der Waals surface area contributed by atoms with Crippen LogP contribution in [0.15, 0.2) is 78.9 Å². The van der Waals surface area contributed by atoms with Crippen LogP contribution in [-0.2, 0) is 0 Å². The lowest BCUT2D eigenvalue weighted by atomic mass is 9.75.